The molecule has 0 aliphatic carbocycles. The van der Waals surface area contributed by atoms with Crippen LogP contribution in [-0.4, -0.2) is 5.97 Å². The van der Waals surface area contributed by atoms with E-state index < -0.39 is 0 Å². The SMILES string of the molecule is C=CCC(C)C(C)C/C=C/OC(=O)Cc1ccccc1. The van der Waals surface area contributed by atoms with Crippen LogP contribution in [0.4, 0.5) is 0 Å². The van der Waals surface area contributed by atoms with E-state index in [9.17, 15) is 4.79 Å². The Labute approximate surface area is 122 Å². The van der Waals surface area contributed by atoms with Gasteiger partial charge in [0.05, 0.1) is 12.7 Å². The van der Waals surface area contributed by atoms with E-state index in [0.717, 1.165) is 18.4 Å². The lowest BCUT2D eigenvalue weighted by Gasteiger charge is -2.15. The van der Waals surface area contributed by atoms with E-state index in [-0.39, 0.29) is 5.97 Å². The maximum atomic E-state index is 11.6. The molecule has 0 aromatic heterocycles. The van der Waals surface area contributed by atoms with E-state index in [2.05, 4.69) is 20.4 Å². The van der Waals surface area contributed by atoms with Crippen molar-refractivity contribution in [1.29, 1.82) is 0 Å². The number of hydrogen-bond donors (Lipinski definition) is 0. The summed E-state index contributed by atoms with van der Waals surface area (Å²) in [6, 6.07) is 9.61. The zero-order valence-electron chi connectivity index (χ0n) is 12.4. The molecule has 0 aliphatic rings. The number of esters is 1. The van der Waals surface area contributed by atoms with E-state index in [1.165, 1.54) is 6.26 Å². The zero-order chi connectivity index (χ0) is 14.8. The summed E-state index contributed by atoms with van der Waals surface area (Å²) in [6.45, 7) is 8.16. The first-order valence-electron chi connectivity index (χ1n) is 7.12. The molecular formula is C18H24O2. The third-order valence-corrected chi connectivity index (χ3v) is 3.50. The van der Waals surface area contributed by atoms with Crippen molar-refractivity contribution in [2.45, 2.75) is 33.1 Å². The Kier molecular flexibility index (Phi) is 7.41. The molecule has 0 spiro atoms. The van der Waals surface area contributed by atoms with Crippen molar-refractivity contribution in [1.82, 2.24) is 0 Å². The van der Waals surface area contributed by atoms with Gasteiger partial charge in [0.25, 0.3) is 0 Å². The summed E-state index contributed by atoms with van der Waals surface area (Å²) < 4.78 is 5.10. The summed E-state index contributed by atoms with van der Waals surface area (Å²) in [5, 5.41) is 0. The van der Waals surface area contributed by atoms with Crippen LogP contribution >= 0.6 is 0 Å². The van der Waals surface area contributed by atoms with Gasteiger partial charge in [-0.3, -0.25) is 4.79 Å². The van der Waals surface area contributed by atoms with Crippen molar-refractivity contribution in [2.24, 2.45) is 11.8 Å². The summed E-state index contributed by atoms with van der Waals surface area (Å²) in [4.78, 5) is 11.6. The highest BCUT2D eigenvalue weighted by atomic mass is 16.5. The predicted octanol–water partition coefficient (Wildman–Crippen LogP) is 4.52. The van der Waals surface area contributed by atoms with E-state index in [1.54, 1.807) is 0 Å². The molecule has 1 aromatic rings. The predicted molar refractivity (Wildman–Crippen MR) is 83.1 cm³/mol. The minimum Gasteiger partial charge on any atom is -0.435 e. The lowest BCUT2D eigenvalue weighted by atomic mass is 9.90. The van der Waals surface area contributed by atoms with Gasteiger partial charge in [0.1, 0.15) is 0 Å². The largest absolute Gasteiger partial charge is 0.435 e. The average Bonchev–Trinajstić information content (AvgIpc) is 2.44. The van der Waals surface area contributed by atoms with Gasteiger partial charge in [0.2, 0.25) is 0 Å². The van der Waals surface area contributed by atoms with Gasteiger partial charge in [0, 0.05) is 0 Å². The Morgan fingerprint density at radius 2 is 1.85 bits per heavy atom. The van der Waals surface area contributed by atoms with Crippen LogP contribution in [0.25, 0.3) is 0 Å². The first kappa shape index (κ1) is 16.2. The van der Waals surface area contributed by atoms with Crippen molar-refractivity contribution in [3.05, 3.63) is 60.9 Å². The highest BCUT2D eigenvalue weighted by molar-refractivity contribution is 5.73. The molecule has 108 valence electrons. The molecule has 2 heteroatoms. The van der Waals surface area contributed by atoms with Crippen LogP contribution in [0.3, 0.4) is 0 Å². The number of ether oxygens (including phenoxy) is 1. The Balaban J connectivity index is 2.27. The molecule has 0 N–H and O–H groups in total. The van der Waals surface area contributed by atoms with Crippen LogP contribution in [-0.2, 0) is 16.0 Å². The smallest absolute Gasteiger partial charge is 0.315 e. The topological polar surface area (TPSA) is 26.3 Å². The molecule has 0 amide bonds. The normalized spacial score (nSPS) is 13.9. The molecule has 0 saturated heterocycles. The van der Waals surface area contributed by atoms with Crippen LogP contribution in [0, 0.1) is 11.8 Å². The molecule has 0 heterocycles. The Morgan fingerprint density at radius 3 is 2.50 bits per heavy atom. The molecule has 0 aliphatic heterocycles. The van der Waals surface area contributed by atoms with Gasteiger partial charge in [-0.1, -0.05) is 50.3 Å². The molecule has 2 atom stereocenters. The summed E-state index contributed by atoms with van der Waals surface area (Å²) in [6.07, 6.45) is 7.63. The van der Waals surface area contributed by atoms with Crippen LogP contribution in [0.15, 0.2) is 55.3 Å². The van der Waals surface area contributed by atoms with Crippen molar-refractivity contribution >= 4 is 5.97 Å². The monoisotopic (exact) mass is 272 g/mol. The summed E-state index contributed by atoms with van der Waals surface area (Å²) in [5.41, 5.74) is 0.971. The third-order valence-electron chi connectivity index (χ3n) is 3.50. The fourth-order valence-corrected chi connectivity index (χ4v) is 1.93. The number of benzene rings is 1. The van der Waals surface area contributed by atoms with Crippen LogP contribution in [0.5, 0.6) is 0 Å². The molecular weight excluding hydrogens is 248 g/mol. The van der Waals surface area contributed by atoms with Gasteiger partial charge in [-0.25, -0.2) is 0 Å². The highest BCUT2D eigenvalue weighted by Crippen LogP contribution is 2.19. The van der Waals surface area contributed by atoms with Gasteiger partial charge in [-0.15, -0.1) is 6.58 Å². The van der Waals surface area contributed by atoms with Crippen molar-refractivity contribution in [2.75, 3.05) is 0 Å². The van der Waals surface area contributed by atoms with Crippen LogP contribution < -0.4 is 0 Å². The van der Waals surface area contributed by atoms with Crippen LogP contribution in [0.2, 0.25) is 0 Å². The Morgan fingerprint density at radius 1 is 1.20 bits per heavy atom. The number of carbonyl (C=O) groups excluding carboxylic acids is 1. The van der Waals surface area contributed by atoms with E-state index in [0.29, 0.717) is 18.3 Å². The van der Waals surface area contributed by atoms with Crippen LogP contribution in [0.1, 0.15) is 32.3 Å². The molecule has 0 saturated carbocycles. The minimum absolute atomic E-state index is 0.223. The van der Waals surface area contributed by atoms with Gasteiger partial charge < -0.3 is 4.74 Å². The maximum Gasteiger partial charge on any atom is 0.315 e. The van der Waals surface area contributed by atoms with E-state index in [1.807, 2.05) is 42.5 Å². The van der Waals surface area contributed by atoms with E-state index in [4.69, 9.17) is 4.74 Å². The lowest BCUT2D eigenvalue weighted by molar-refractivity contribution is -0.137. The van der Waals surface area contributed by atoms with E-state index >= 15 is 0 Å². The molecule has 0 radical (unpaired) electrons. The Bertz CT molecular complexity index is 434. The first-order valence-corrected chi connectivity index (χ1v) is 7.12. The molecule has 2 unspecified atom stereocenters. The second-order valence-corrected chi connectivity index (χ2v) is 5.24. The fourth-order valence-electron chi connectivity index (χ4n) is 1.93. The number of carbonyl (C=O) groups is 1. The fraction of sp³-hybridized carbons (Fsp3) is 0.389. The van der Waals surface area contributed by atoms with Crippen molar-refractivity contribution in [3.63, 3.8) is 0 Å². The zero-order valence-corrected chi connectivity index (χ0v) is 12.4. The van der Waals surface area contributed by atoms with Gasteiger partial charge in [0.15, 0.2) is 0 Å². The van der Waals surface area contributed by atoms with Gasteiger partial charge in [-0.05, 0) is 36.3 Å². The quantitative estimate of drug-likeness (QED) is 0.395. The lowest BCUT2D eigenvalue weighted by Crippen LogP contribution is -2.06. The number of allylic oxidation sites excluding steroid dienone is 2. The molecule has 20 heavy (non-hydrogen) atoms. The highest BCUT2D eigenvalue weighted by Gasteiger charge is 2.08. The third kappa shape index (κ3) is 6.37. The second kappa shape index (κ2) is 9.13. The molecule has 2 nitrogen and oxygen atoms in total. The number of rotatable bonds is 8. The van der Waals surface area contributed by atoms with Crippen molar-refractivity contribution < 1.29 is 9.53 Å². The van der Waals surface area contributed by atoms with Gasteiger partial charge >= 0.3 is 5.97 Å². The minimum atomic E-state index is -0.223. The first-order chi connectivity index (χ1) is 9.63. The molecule has 1 aromatic carbocycles. The molecule has 0 bridgehead atoms. The standard InChI is InChI=1S/C18H24O2/c1-4-9-15(2)16(3)10-8-13-20-18(19)14-17-11-6-5-7-12-17/h4-8,11-13,15-16H,1,9-10,14H2,2-3H3/b13-8+. The molecule has 0 fully saturated rings. The Hall–Kier alpha value is -1.83. The molecule has 1 rings (SSSR count). The number of hydrogen-bond acceptors (Lipinski definition) is 2. The summed E-state index contributed by atoms with van der Waals surface area (Å²) >= 11 is 0. The summed E-state index contributed by atoms with van der Waals surface area (Å²) in [5.74, 6) is 0.925. The second-order valence-electron chi connectivity index (χ2n) is 5.24. The maximum absolute atomic E-state index is 11.6. The summed E-state index contributed by atoms with van der Waals surface area (Å²) in [7, 11) is 0. The average molecular weight is 272 g/mol. The van der Waals surface area contributed by atoms with Crippen molar-refractivity contribution in [3.8, 4) is 0 Å². The van der Waals surface area contributed by atoms with Gasteiger partial charge in [-0.2, -0.15) is 0 Å².